The third-order valence-electron chi connectivity index (χ3n) is 5.32. The Balaban J connectivity index is 1.81. The van der Waals surface area contributed by atoms with Gasteiger partial charge in [0.1, 0.15) is 16.2 Å². The standard InChI is InChI=1S/C24H18ClN5O2S/c1-15-6-2-3-7-16(15)14-27-30-23(26)22(33(31,32)18-12-10-17(25)11-13-18)21-24(30)29-20-9-5-4-8-19(20)28-21/h2-14H,26H2,1H3. The molecule has 0 aliphatic carbocycles. The van der Waals surface area contributed by atoms with E-state index in [1.807, 2.05) is 43.3 Å². The van der Waals surface area contributed by atoms with E-state index in [9.17, 15) is 8.42 Å². The lowest BCUT2D eigenvalue weighted by Crippen LogP contribution is -2.06. The van der Waals surface area contributed by atoms with Gasteiger partial charge in [0.05, 0.1) is 22.1 Å². The van der Waals surface area contributed by atoms with Gasteiger partial charge in [0.15, 0.2) is 5.65 Å². The maximum atomic E-state index is 13.6. The fourth-order valence-electron chi connectivity index (χ4n) is 3.59. The van der Waals surface area contributed by atoms with E-state index in [0.29, 0.717) is 16.1 Å². The summed E-state index contributed by atoms with van der Waals surface area (Å²) in [5.41, 5.74) is 9.85. The molecule has 0 bridgehead atoms. The Labute approximate surface area is 195 Å². The molecule has 9 heteroatoms. The van der Waals surface area contributed by atoms with Gasteiger partial charge in [-0.25, -0.2) is 18.4 Å². The van der Waals surface area contributed by atoms with Gasteiger partial charge in [0.2, 0.25) is 9.84 Å². The number of sulfone groups is 1. The zero-order valence-corrected chi connectivity index (χ0v) is 19.0. The molecular formula is C24H18ClN5O2S. The van der Waals surface area contributed by atoms with Crippen LogP contribution >= 0.6 is 11.6 Å². The summed E-state index contributed by atoms with van der Waals surface area (Å²) in [6, 6.07) is 20.8. The van der Waals surface area contributed by atoms with Crippen molar-refractivity contribution in [3.05, 3.63) is 88.9 Å². The van der Waals surface area contributed by atoms with Crippen molar-refractivity contribution in [1.82, 2.24) is 14.6 Å². The van der Waals surface area contributed by atoms with Crippen molar-refractivity contribution in [3.8, 4) is 0 Å². The van der Waals surface area contributed by atoms with Gasteiger partial charge in [-0.3, -0.25) is 0 Å². The first-order valence-corrected chi connectivity index (χ1v) is 11.9. The minimum atomic E-state index is -4.03. The van der Waals surface area contributed by atoms with Crippen molar-refractivity contribution >= 4 is 55.7 Å². The van der Waals surface area contributed by atoms with Crippen LogP contribution in [0.2, 0.25) is 5.02 Å². The normalized spacial score (nSPS) is 12.2. The number of hydrogen-bond acceptors (Lipinski definition) is 6. The van der Waals surface area contributed by atoms with E-state index < -0.39 is 9.84 Å². The third kappa shape index (κ3) is 3.63. The largest absolute Gasteiger partial charge is 0.382 e. The number of hydrogen-bond donors (Lipinski definition) is 1. The van der Waals surface area contributed by atoms with Gasteiger partial charge in [-0.05, 0) is 54.4 Å². The fourth-order valence-corrected chi connectivity index (χ4v) is 5.20. The van der Waals surface area contributed by atoms with Gasteiger partial charge in [-0.2, -0.15) is 9.78 Å². The number of nitrogen functional groups attached to an aromatic ring is 1. The summed E-state index contributed by atoms with van der Waals surface area (Å²) in [7, 11) is -4.03. The highest BCUT2D eigenvalue weighted by molar-refractivity contribution is 7.92. The highest BCUT2D eigenvalue weighted by Gasteiger charge is 2.30. The van der Waals surface area contributed by atoms with Crippen molar-refractivity contribution in [2.24, 2.45) is 5.10 Å². The van der Waals surface area contributed by atoms with Gasteiger partial charge in [-0.15, -0.1) is 0 Å². The molecule has 0 spiro atoms. The molecule has 2 heterocycles. The SMILES string of the molecule is Cc1ccccc1C=Nn1c(N)c(S(=O)(=O)c2ccc(Cl)cc2)c2nc3ccccc3nc21. The molecule has 0 fully saturated rings. The topological polar surface area (TPSA) is 103 Å². The fraction of sp³-hybridized carbons (Fsp3) is 0.0417. The second-order valence-corrected chi connectivity index (χ2v) is 9.79. The van der Waals surface area contributed by atoms with Crippen LogP contribution in [-0.2, 0) is 9.84 Å². The number of anilines is 1. The van der Waals surface area contributed by atoms with Crippen LogP contribution in [0.1, 0.15) is 11.1 Å². The molecule has 5 rings (SSSR count). The molecule has 0 amide bonds. The molecule has 0 saturated heterocycles. The summed E-state index contributed by atoms with van der Waals surface area (Å²) in [6.07, 6.45) is 1.63. The average molecular weight is 476 g/mol. The molecule has 7 nitrogen and oxygen atoms in total. The predicted molar refractivity (Wildman–Crippen MR) is 131 cm³/mol. The van der Waals surface area contributed by atoms with Crippen molar-refractivity contribution < 1.29 is 8.42 Å². The van der Waals surface area contributed by atoms with Crippen LogP contribution < -0.4 is 5.73 Å². The van der Waals surface area contributed by atoms with Gasteiger partial charge in [0, 0.05) is 5.02 Å². The number of nitrogens with zero attached hydrogens (tertiary/aromatic N) is 4. The molecule has 0 aliphatic heterocycles. The van der Waals surface area contributed by atoms with E-state index in [4.69, 9.17) is 17.3 Å². The quantitative estimate of drug-likeness (QED) is 0.374. The Hall–Kier alpha value is -3.75. The summed E-state index contributed by atoms with van der Waals surface area (Å²) < 4.78 is 28.5. The lowest BCUT2D eigenvalue weighted by atomic mass is 10.1. The Morgan fingerprint density at radius 2 is 1.58 bits per heavy atom. The Morgan fingerprint density at radius 1 is 0.939 bits per heavy atom. The lowest BCUT2D eigenvalue weighted by molar-refractivity contribution is 0.597. The van der Waals surface area contributed by atoms with Crippen LogP contribution in [0.25, 0.3) is 22.2 Å². The first kappa shape index (κ1) is 21.1. The van der Waals surface area contributed by atoms with Gasteiger partial charge < -0.3 is 5.73 Å². The molecule has 5 aromatic rings. The molecule has 3 aromatic carbocycles. The van der Waals surface area contributed by atoms with E-state index in [-0.39, 0.29) is 26.8 Å². The molecule has 2 aromatic heterocycles. The van der Waals surface area contributed by atoms with Gasteiger partial charge >= 0.3 is 0 Å². The number of benzene rings is 3. The van der Waals surface area contributed by atoms with E-state index in [1.54, 1.807) is 18.3 Å². The van der Waals surface area contributed by atoms with Crippen molar-refractivity contribution in [2.45, 2.75) is 16.7 Å². The van der Waals surface area contributed by atoms with E-state index in [2.05, 4.69) is 15.1 Å². The zero-order chi connectivity index (χ0) is 23.2. The predicted octanol–water partition coefficient (Wildman–Crippen LogP) is 4.84. The molecule has 33 heavy (non-hydrogen) atoms. The van der Waals surface area contributed by atoms with E-state index in [1.165, 1.54) is 28.9 Å². The van der Waals surface area contributed by atoms with E-state index in [0.717, 1.165) is 11.1 Å². The monoisotopic (exact) mass is 475 g/mol. The van der Waals surface area contributed by atoms with Crippen LogP contribution in [0, 0.1) is 6.92 Å². The minimum Gasteiger partial charge on any atom is -0.382 e. The average Bonchev–Trinajstić information content (AvgIpc) is 3.08. The number of aryl methyl sites for hydroxylation is 1. The molecule has 0 unspecified atom stereocenters. The summed E-state index contributed by atoms with van der Waals surface area (Å²) >= 11 is 5.95. The third-order valence-corrected chi connectivity index (χ3v) is 7.41. The van der Waals surface area contributed by atoms with Crippen LogP contribution in [-0.4, -0.2) is 29.3 Å². The smallest absolute Gasteiger partial charge is 0.212 e. The molecule has 164 valence electrons. The zero-order valence-electron chi connectivity index (χ0n) is 17.5. The van der Waals surface area contributed by atoms with Crippen LogP contribution in [0.4, 0.5) is 5.82 Å². The highest BCUT2D eigenvalue weighted by atomic mass is 35.5. The Bertz CT molecular complexity index is 1660. The lowest BCUT2D eigenvalue weighted by Gasteiger charge is -2.05. The molecule has 0 atom stereocenters. The van der Waals surface area contributed by atoms with Crippen LogP contribution in [0.15, 0.2) is 87.7 Å². The number of nitrogens with two attached hydrogens (primary N) is 1. The second kappa shape index (κ2) is 7.99. The number of rotatable bonds is 4. The first-order chi connectivity index (χ1) is 15.9. The molecule has 2 N–H and O–H groups in total. The molecule has 0 aliphatic rings. The molecule has 0 saturated carbocycles. The van der Waals surface area contributed by atoms with E-state index >= 15 is 0 Å². The number of fused-ring (bicyclic) bond motifs is 2. The number of aromatic nitrogens is 3. The number of para-hydroxylation sites is 2. The first-order valence-electron chi connectivity index (χ1n) is 10.0. The summed E-state index contributed by atoms with van der Waals surface area (Å²) in [5.74, 6) is -0.0694. The van der Waals surface area contributed by atoms with Crippen LogP contribution in [0.3, 0.4) is 0 Å². The summed E-state index contributed by atoms with van der Waals surface area (Å²) in [6.45, 7) is 1.96. The Kier molecular flexibility index (Phi) is 5.11. The second-order valence-electron chi connectivity index (χ2n) is 7.47. The number of halogens is 1. The summed E-state index contributed by atoms with van der Waals surface area (Å²) in [5, 5.41) is 4.92. The van der Waals surface area contributed by atoms with Crippen LogP contribution in [0.5, 0.6) is 0 Å². The molecular weight excluding hydrogens is 458 g/mol. The maximum Gasteiger partial charge on any atom is 0.212 e. The van der Waals surface area contributed by atoms with Gasteiger partial charge in [-0.1, -0.05) is 48.0 Å². The van der Waals surface area contributed by atoms with Crippen molar-refractivity contribution in [1.29, 1.82) is 0 Å². The van der Waals surface area contributed by atoms with Crippen molar-refractivity contribution in [2.75, 3.05) is 5.73 Å². The highest BCUT2D eigenvalue weighted by Crippen LogP contribution is 2.35. The maximum absolute atomic E-state index is 13.6. The van der Waals surface area contributed by atoms with Crippen molar-refractivity contribution in [3.63, 3.8) is 0 Å². The van der Waals surface area contributed by atoms with Gasteiger partial charge in [0.25, 0.3) is 0 Å². The Morgan fingerprint density at radius 3 is 2.27 bits per heavy atom. The minimum absolute atomic E-state index is 0.0514. The molecule has 0 radical (unpaired) electrons. The summed E-state index contributed by atoms with van der Waals surface area (Å²) in [4.78, 5) is 9.15.